The van der Waals surface area contributed by atoms with Crippen LogP contribution < -0.4 is 9.47 Å². The lowest BCUT2D eigenvalue weighted by Gasteiger charge is -2.18. The standard InChI is InChI=1S/C84H67N8O2/c1-3-13-61-49-62(14-4-2)84(94-48-12-18-54-16-10-46-86-52-54)80(83(61)93-47-11-17-53-15-9-45-85-51-53)79-75-43-41-73(89-75)77-67-21-7-5-19-65(67)55-23-27-57(28-24-55)69-37-33-59-31-32-60-34-38-70(92-82(60)81(59)91-69)58-29-25-56(26-30-58)66-20-6-8-22-68(66)78(74-42-44-76(79)90-74)72-40-36-64(88-72)50-63-35-39-71(77)87-63/h3-10,15-16,19-46,49,51-52,87-90H,1-2,11-14,17-18,47-48,50H2/q+3. The van der Waals surface area contributed by atoms with Crippen molar-refractivity contribution in [2.75, 3.05) is 13.2 Å². The van der Waals surface area contributed by atoms with E-state index >= 15 is 0 Å². The Morgan fingerprint density at radius 3 is 1.29 bits per heavy atom. The minimum Gasteiger partial charge on any atom is -0.457 e. The molecule has 2 aliphatic heterocycles. The highest BCUT2D eigenvalue weighted by Crippen LogP contribution is 2.48. The number of rotatable bonds is 15. The minimum absolute atomic E-state index is 0.438. The molecule has 17 aromatic rings. The van der Waals surface area contributed by atoms with Crippen molar-refractivity contribution in [3.8, 4) is 45.1 Å². The monoisotopic (exact) mass is 1220 g/mol. The summed E-state index contributed by atoms with van der Waals surface area (Å²) in [6, 6.07) is 76.3. The second-order valence-electron chi connectivity index (χ2n) is 24.4. The maximum absolute atomic E-state index is 7.36. The van der Waals surface area contributed by atoms with E-state index in [1.807, 2.05) is 49.1 Å². The fourth-order valence-corrected chi connectivity index (χ4v) is 13.8. The number of ether oxygens (including phenoxy) is 2. The molecule has 0 saturated heterocycles. The molecule has 13 heterocycles. The second kappa shape index (κ2) is 25.1. The Morgan fingerprint density at radius 1 is 0.415 bits per heavy atom. The molecule has 0 saturated carbocycles. The summed E-state index contributed by atoms with van der Waals surface area (Å²) in [5, 5.41) is 10.5. The van der Waals surface area contributed by atoms with E-state index in [4.69, 9.17) is 19.4 Å². The van der Waals surface area contributed by atoms with Gasteiger partial charge in [-0.15, -0.1) is 13.2 Å². The van der Waals surface area contributed by atoms with Crippen molar-refractivity contribution in [1.29, 1.82) is 0 Å². The number of aryl methyl sites for hydroxylation is 2. The van der Waals surface area contributed by atoms with Crippen LogP contribution in [0.25, 0.3) is 132 Å². The maximum Gasteiger partial charge on any atom is 0.198 e. The number of benzene rings is 6. The minimum atomic E-state index is 0.438. The smallest absolute Gasteiger partial charge is 0.198 e. The van der Waals surface area contributed by atoms with Crippen LogP contribution in [0.2, 0.25) is 0 Å². The molecule has 6 aromatic carbocycles. The third-order valence-electron chi connectivity index (χ3n) is 18.3. The van der Waals surface area contributed by atoms with Gasteiger partial charge in [-0.3, -0.25) is 9.97 Å². The molecule has 0 amide bonds. The lowest BCUT2D eigenvalue weighted by molar-refractivity contribution is 0.295. The normalized spacial score (nSPS) is 11.8. The molecule has 0 fully saturated rings. The van der Waals surface area contributed by atoms with E-state index in [0.29, 0.717) is 32.5 Å². The highest BCUT2D eigenvalue weighted by molar-refractivity contribution is 6.12. The van der Waals surface area contributed by atoms with Crippen LogP contribution in [0.3, 0.4) is 0 Å². The largest absolute Gasteiger partial charge is 0.457 e. The van der Waals surface area contributed by atoms with E-state index < -0.39 is 0 Å². The number of hydrogen-bond donors (Lipinski definition) is 4. The third-order valence-corrected chi connectivity index (χ3v) is 18.3. The average Bonchev–Trinajstić information content (AvgIpc) is 1.22. The first-order valence-electron chi connectivity index (χ1n) is 32.4. The fraction of sp³-hybridized carbons (Fsp3) is 0.107. The summed E-state index contributed by atoms with van der Waals surface area (Å²) in [7, 11) is 0. The van der Waals surface area contributed by atoms with Crippen molar-refractivity contribution in [3.63, 3.8) is 0 Å². The molecule has 0 radical (unpaired) electrons. The van der Waals surface area contributed by atoms with Gasteiger partial charge < -0.3 is 29.4 Å². The van der Waals surface area contributed by atoms with Gasteiger partial charge in [-0.25, -0.2) is 9.97 Å². The van der Waals surface area contributed by atoms with Gasteiger partial charge in [0, 0.05) is 123 Å². The van der Waals surface area contributed by atoms with Crippen LogP contribution in [0.4, 0.5) is 0 Å². The molecular formula is C84H67N8O2+3. The first-order valence-corrected chi connectivity index (χ1v) is 32.4. The number of allylic oxidation sites excluding steroid dienone is 2. The molecule has 94 heavy (non-hydrogen) atoms. The molecule has 0 unspecified atom stereocenters. The van der Waals surface area contributed by atoms with Gasteiger partial charge >= 0.3 is 0 Å². The number of pyridine rings is 4. The Morgan fingerprint density at radius 2 is 0.840 bits per heavy atom. The zero-order valence-corrected chi connectivity index (χ0v) is 52.1. The summed E-state index contributed by atoms with van der Waals surface area (Å²) in [5.41, 5.74) is 19.2. The predicted octanol–water partition coefficient (Wildman–Crippen LogP) is 20.4. The van der Waals surface area contributed by atoms with E-state index in [2.05, 4.69) is 243 Å². The van der Waals surface area contributed by atoms with Crippen LogP contribution in [0.5, 0.6) is 11.5 Å². The SMILES string of the molecule is C=CCc1cc(CC=C)c(OCCCc2cccnc2)c(-[c+]2c3ccc([nH]3)[c+]3c4ccccc4c4ccc(cc4)c4ccc5ccc6ccc(nc6c5n4)c4ccc(cc4)c4ccccc4[c+](c4ccc2[nH]4)-c2ccc([nH]2)Cc2ccc-3[nH]2)c1OCCCc1cccnc1. The number of nitrogens with one attached hydrogen (secondary N) is 4. The van der Waals surface area contributed by atoms with Gasteiger partial charge in [-0.05, 0) is 140 Å². The molecule has 10 heteroatoms. The highest BCUT2D eigenvalue weighted by Gasteiger charge is 2.32. The van der Waals surface area contributed by atoms with Crippen LogP contribution in [-0.4, -0.2) is 53.1 Å². The predicted molar refractivity (Wildman–Crippen MR) is 388 cm³/mol. The van der Waals surface area contributed by atoms with Gasteiger partial charge in [0.15, 0.2) is 17.1 Å². The first-order chi connectivity index (χ1) is 46.5. The van der Waals surface area contributed by atoms with Crippen LogP contribution in [0.15, 0.2) is 262 Å². The molecule has 0 aliphatic carbocycles. The zero-order chi connectivity index (χ0) is 62.9. The molecule has 0 spiro atoms. The molecule has 19 rings (SSSR count). The Labute approximate surface area is 543 Å². The fourth-order valence-electron chi connectivity index (χ4n) is 13.8. The van der Waals surface area contributed by atoms with Gasteiger partial charge in [-0.1, -0.05) is 72.8 Å². The molecule has 4 N–H and O–H groups in total. The van der Waals surface area contributed by atoms with E-state index in [1.54, 1.807) is 0 Å². The second-order valence-corrected chi connectivity index (χ2v) is 24.4. The van der Waals surface area contributed by atoms with E-state index in [-0.39, 0.29) is 0 Å². The summed E-state index contributed by atoms with van der Waals surface area (Å²) in [6.07, 6.45) is 16.3. The Bertz CT molecular complexity index is 5290. The Hall–Kier alpha value is -11.8. The average molecular weight is 1220 g/mol. The van der Waals surface area contributed by atoms with Crippen molar-refractivity contribution < 1.29 is 9.47 Å². The lowest BCUT2D eigenvalue weighted by Crippen LogP contribution is -2.09. The van der Waals surface area contributed by atoms with Crippen molar-refractivity contribution in [1.82, 2.24) is 39.9 Å². The number of aromatic amines is 4. The highest BCUT2D eigenvalue weighted by atomic mass is 16.5. The zero-order valence-electron chi connectivity index (χ0n) is 52.1. The number of aromatic nitrogens is 8. The molecule has 452 valence electrons. The van der Waals surface area contributed by atoms with Gasteiger partial charge in [0.2, 0.25) is 0 Å². The number of hydrogen-bond acceptors (Lipinski definition) is 6. The van der Waals surface area contributed by atoms with Gasteiger partial charge in [0.25, 0.3) is 0 Å². The Balaban J connectivity index is 1.05. The summed E-state index contributed by atoms with van der Waals surface area (Å²) in [6.45, 7) is 9.51. The van der Waals surface area contributed by atoms with E-state index in [1.165, 1.54) is 0 Å². The number of nitrogens with zero attached hydrogens (tertiary/aromatic N) is 4. The quantitative estimate of drug-likeness (QED) is 0.0350. The van der Waals surface area contributed by atoms with Crippen LogP contribution >= 0.6 is 0 Å². The molecule has 0 atom stereocenters. The van der Waals surface area contributed by atoms with Gasteiger partial charge in [-0.2, -0.15) is 0 Å². The summed E-state index contributed by atoms with van der Waals surface area (Å²) >= 11 is 0. The molecule has 10 nitrogen and oxygen atoms in total. The van der Waals surface area contributed by atoms with Crippen molar-refractivity contribution in [3.05, 3.63) is 296 Å². The van der Waals surface area contributed by atoms with Gasteiger partial charge in [0.1, 0.15) is 50.1 Å². The molecule has 2 aliphatic rings. The maximum atomic E-state index is 7.36. The van der Waals surface area contributed by atoms with Gasteiger partial charge in [0.05, 0.1) is 81.1 Å². The summed E-state index contributed by atoms with van der Waals surface area (Å²) < 4.78 is 14.7. The van der Waals surface area contributed by atoms with E-state index in [9.17, 15) is 0 Å². The lowest BCUT2D eigenvalue weighted by atomic mass is 9.93. The van der Waals surface area contributed by atoms with Crippen LogP contribution in [0.1, 0.15) is 46.5 Å². The topological polar surface area (TPSA) is 133 Å². The molecule has 11 aromatic heterocycles. The molecule has 18 bridgehead atoms. The molecular weight excluding hydrogens is 1150 g/mol. The summed E-state index contributed by atoms with van der Waals surface area (Å²) in [4.78, 5) is 35.8. The van der Waals surface area contributed by atoms with Crippen molar-refractivity contribution in [2.24, 2.45) is 0 Å². The van der Waals surface area contributed by atoms with Crippen LogP contribution in [-0.2, 0) is 32.1 Å². The van der Waals surface area contributed by atoms with Crippen molar-refractivity contribution in [2.45, 2.75) is 44.9 Å². The van der Waals surface area contributed by atoms with Crippen molar-refractivity contribution >= 4 is 98.0 Å². The number of H-pyrrole nitrogens is 4. The van der Waals surface area contributed by atoms with Crippen LogP contribution in [0, 0.1) is 0 Å². The Kier molecular flexibility index (Phi) is 15.4. The third kappa shape index (κ3) is 11.1. The first kappa shape index (κ1) is 57.4. The van der Waals surface area contributed by atoms with E-state index in [0.717, 1.165) is 202 Å². The number of fused-ring (bicyclic) bond motifs is 2. The summed E-state index contributed by atoms with van der Waals surface area (Å²) in [5.74, 6) is 1.47.